The predicted molar refractivity (Wildman–Crippen MR) is 120 cm³/mol. The summed E-state index contributed by atoms with van der Waals surface area (Å²) in [5, 5.41) is 2.95. The second-order valence-corrected chi connectivity index (χ2v) is 9.28. The van der Waals surface area contributed by atoms with Gasteiger partial charge in [-0.2, -0.15) is 0 Å². The number of carbonyl (C=O) groups is 1. The molecule has 0 fully saturated rings. The summed E-state index contributed by atoms with van der Waals surface area (Å²) in [7, 11) is 1.59. The first kappa shape index (κ1) is 23.4. The second kappa shape index (κ2) is 10.3. The number of hydrogen-bond donors (Lipinski definition) is 1. The number of thiophene rings is 1. The molecule has 3 rings (SSSR count). The van der Waals surface area contributed by atoms with Crippen LogP contribution in [0.2, 0.25) is 0 Å². The summed E-state index contributed by atoms with van der Waals surface area (Å²) in [6.45, 7) is 4.58. The molecule has 0 bridgehead atoms. The van der Waals surface area contributed by atoms with Crippen LogP contribution >= 0.6 is 23.1 Å². The summed E-state index contributed by atoms with van der Waals surface area (Å²) in [6, 6.07) is 5.04. The maximum Gasteiger partial charge on any atom is 0.262 e. The minimum Gasteiger partial charge on any atom is -0.385 e. The van der Waals surface area contributed by atoms with E-state index in [0.717, 1.165) is 35.2 Å². The number of nitrogens with zero attached hydrogens (tertiary/aromatic N) is 2. The molecular weight excluding hydrogens is 444 g/mol. The average molecular weight is 468 g/mol. The Kier molecular flexibility index (Phi) is 7.79. The van der Waals surface area contributed by atoms with Gasteiger partial charge in [-0.3, -0.25) is 14.2 Å². The van der Waals surface area contributed by atoms with Crippen LogP contribution in [0.1, 0.15) is 25.1 Å². The number of rotatable bonds is 9. The van der Waals surface area contributed by atoms with Crippen molar-refractivity contribution in [2.45, 2.75) is 43.6 Å². The molecule has 0 aliphatic carbocycles. The molecule has 10 heteroatoms. The van der Waals surface area contributed by atoms with E-state index < -0.39 is 22.8 Å². The van der Waals surface area contributed by atoms with Crippen LogP contribution in [0.25, 0.3) is 10.2 Å². The maximum atomic E-state index is 13.4. The molecule has 1 amide bonds. The zero-order valence-electron chi connectivity index (χ0n) is 17.4. The van der Waals surface area contributed by atoms with Gasteiger partial charge in [-0.05, 0) is 38.0 Å². The Hall–Kier alpha value is -2.30. The fourth-order valence-corrected chi connectivity index (χ4v) is 4.85. The molecule has 3 aromatic rings. The minimum atomic E-state index is -1.04. The van der Waals surface area contributed by atoms with Crippen LogP contribution in [0.3, 0.4) is 0 Å². The van der Waals surface area contributed by atoms with Crippen LogP contribution in [-0.2, 0) is 22.5 Å². The first-order valence-corrected chi connectivity index (χ1v) is 11.5. The highest BCUT2D eigenvalue weighted by atomic mass is 32.2. The number of nitrogens with one attached hydrogen (secondary N) is 1. The highest BCUT2D eigenvalue weighted by molar-refractivity contribution is 8.00. The van der Waals surface area contributed by atoms with E-state index in [4.69, 9.17) is 4.74 Å². The van der Waals surface area contributed by atoms with Gasteiger partial charge in [-0.25, -0.2) is 13.8 Å². The topological polar surface area (TPSA) is 73.2 Å². The quantitative estimate of drug-likeness (QED) is 0.286. The van der Waals surface area contributed by atoms with Crippen molar-refractivity contribution < 1.29 is 18.3 Å². The number of ether oxygens (including phenoxy) is 1. The van der Waals surface area contributed by atoms with Crippen LogP contribution in [0, 0.1) is 11.6 Å². The molecule has 0 saturated carbocycles. The van der Waals surface area contributed by atoms with Gasteiger partial charge in [0.05, 0.1) is 10.6 Å². The molecule has 0 spiro atoms. The molecule has 0 aliphatic rings. The van der Waals surface area contributed by atoms with Gasteiger partial charge in [-0.1, -0.05) is 18.7 Å². The molecule has 0 aliphatic heterocycles. The summed E-state index contributed by atoms with van der Waals surface area (Å²) in [6.07, 6.45) is 1.43. The van der Waals surface area contributed by atoms with Crippen molar-refractivity contribution in [3.05, 3.63) is 51.1 Å². The largest absolute Gasteiger partial charge is 0.385 e. The van der Waals surface area contributed by atoms with Gasteiger partial charge >= 0.3 is 0 Å². The number of fused-ring (bicyclic) bond motifs is 1. The fourth-order valence-electron chi connectivity index (χ4n) is 2.90. The molecule has 0 saturated heterocycles. The lowest BCUT2D eigenvalue weighted by molar-refractivity contribution is -0.115. The summed E-state index contributed by atoms with van der Waals surface area (Å²) in [5.41, 5.74) is 0.0101. The molecule has 2 heterocycles. The molecule has 6 nitrogen and oxygen atoms in total. The number of aromatic nitrogens is 2. The minimum absolute atomic E-state index is 0.146. The van der Waals surface area contributed by atoms with Gasteiger partial charge in [0.15, 0.2) is 16.8 Å². The highest BCUT2D eigenvalue weighted by Crippen LogP contribution is 2.28. The second-order valence-electron chi connectivity index (χ2n) is 6.86. The molecule has 1 N–H and O–H groups in total. The number of methoxy groups -OCH3 is 1. The molecular formula is C21H23F2N3O3S2. The molecule has 31 heavy (non-hydrogen) atoms. The Morgan fingerprint density at radius 3 is 2.77 bits per heavy atom. The van der Waals surface area contributed by atoms with E-state index in [1.54, 1.807) is 18.6 Å². The smallest absolute Gasteiger partial charge is 0.262 e. The number of hydrogen-bond acceptors (Lipinski definition) is 6. The molecule has 0 unspecified atom stereocenters. The molecule has 0 radical (unpaired) electrons. The van der Waals surface area contributed by atoms with Crippen molar-refractivity contribution in [3.63, 3.8) is 0 Å². The van der Waals surface area contributed by atoms with Gasteiger partial charge in [0.2, 0.25) is 5.91 Å². The van der Waals surface area contributed by atoms with E-state index in [1.165, 1.54) is 17.4 Å². The molecule has 166 valence electrons. The van der Waals surface area contributed by atoms with Crippen molar-refractivity contribution in [2.24, 2.45) is 0 Å². The van der Waals surface area contributed by atoms with Crippen LogP contribution in [0.15, 0.2) is 34.2 Å². The van der Waals surface area contributed by atoms with Crippen molar-refractivity contribution in [1.29, 1.82) is 0 Å². The Morgan fingerprint density at radius 1 is 1.32 bits per heavy atom. The van der Waals surface area contributed by atoms with Crippen molar-refractivity contribution in [2.75, 3.05) is 19.0 Å². The van der Waals surface area contributed by atoms with Gasteiger partial charge in [0.25, 0.3) is 5.56 Å². The van der Waals surface area contributed by atoms with E-state index in [0.29, 0.717) is 34.9 Å². The summed E-state index contributed by atoms with van der Waals surface area (Å²) in [4.78, 5) is 32.0. The lowest BCUT2D eigenvalue weighted by Gasteiger charge is -2.15. The number of halogens is 2. The van der Waals surface area contributed by atoms with Crippen LogP contribution in [0.4, 0.5) is 14.5 Å². The number of amides is 1. The lowest BCUT2D eigenvalue weighted by Crippen LogP contribution is -2.27. The third kappa shape index (κ3) is 5.50. The molecule has 2 aromatic heterocycles. The summed E-state index contributed by atoms with van der Waals surface area (Å²) in [5.74, 6) is -2.43. The third-order valence-corrected chi connectivity index (χ3v) is 6.85. The lowest BCUT2D eigenvalue weighted by atomic mass is 10.3. The number of aryl methyl sites for hydroxylation is 1. The van der Waals surface area contributed by atoms with Crippen LogP contribution in [-0.4, -0.2) is 34.4 Å². The predicted octanol–water partition coefficient (Wildman–Crippen LogP) is 4.45. The third-order valence-electron chi connectivity index (χ3n) is 4.58. The standard InChI is InChI=1S/C21H23F2N3O3S2/c1-4-14-11-15-19(31-14)25-21(26(20(15)28)8-5-9-29-3)30-12(2)18(27)24-13-6-7-16(22)17(23)10-13/h6-7,10-12H,4-5,8-9H2,1-3H3,(H,24,27)/t12-/m1/s1. The Bertz CT molecular complexity index is 1150. The normalized spacial score (nSPS) is 12.3. The number of benzene rings is 1. The first-order chi connectivity index (χ1) is 14.8. The van der Waals surface area contributed by atoms with Gasteiger partial charge in [-0.15, -0.1) is 11.3 Å². The Morgan fingerprint density at radius 2 is 2.10 bits per heavy atom. The van der Waals surface area contributed by atoms with Gasteiger partial charge < -0.3 is 10.1 Å². The fraction of sp³-hybridized carbons (Fsp3) is 0.381. The zero-order valence-corrected chi connectivity index (χ0v) is 19.0. The average Bonchev–Trinajstić information content (AvgIpc) is 3.16. The monoisotopic (exact) mass is 467 g/mol. The summed E-state index contributed by atoms with van der Waals surface area (Å²) < 4.78 is 33.2. The van der Waals surface area contributed by atoms with Crippen molar-refractivity contribution in [3.8, 4) is 0 Å². The van der Waals surface area contributed by atoms with Crippen molar-refractivity contribution >= 4 is 44.9 Å². The summed E-state index contributed by atoms with van der Waals surface area (Å²) >= 11 is 2.61. The number of carbonyl (C=O) groups excluding carboxylic acids is 1. The molecule has 1 aromatic carbocycles. The van der Waals surface area contributed by atoms with E-state index in [2.05, 4.69) is 10.3 Å². The Balaban J connectivity index is 1.86. The maximum absolute atomic E-state index is 13.4. The molecule has 1 atom stereocenters. The Labute approximate surface area is 186 Å². The highest BCUT2D eigenvalue weighted by Gasteiger charge is 2.21. The van der Waals surface area contributed by atoms with E-state index in [9.17, 15) is 18.4 Å². The van der Waals surface area contributed by atoms with Crippen LogP contribution in [0.5, 0.6) is 0 Å². The van der Waals surface area contributed by atoms with E-state index in [1.807, 2.05) is 13.0 Å². The SMILES string of the molecule is CCc1cc2c(=O)n(CCCOC)c(S[C@H](C)C(=O)Nc3ccc(F)c(F)c3)nc2s1. The van der Waals surface area contributed by atoms with Gasteiger partial charge in [0, 0.05) is 36.9 Å². The first-order valence-electron chi connectivity index (χ1n) is 9.78. The van der Waals surface area contributed by atoms with Gasteiger partial charge in [0.1, 0.15) is 4.83 Å². The zero-order chi connectivity index (χ0) is 22.5. The van der Waals surface area contributed by atoms with Crippen LogP contribution < -0.4 is 10.9 Å². The number of thioether (sulfide) groups is 1. The van der Waals surface area contributed by atoms with Crippen molar-refractivity contribution in [1.82, 2.24) is 9.55 Å². The van der Waals surface area contributed by atoms with E-state index >= 15 is 0 Å². The number of anilines is 1. The van der Waals surface area contributed by atoms with E-state index in [-0.39, 0.29) is 11.2 Å².